The van der Waals surface area contributed by atoms with Crippen molar-refractivity contribution in [3.63, 3.8) is 0 Å². The average molecular weight is 289 g/mol. The van der Waals surface area contributed by atoms with Gasteiger partial charge in [0.05, 0.1) is 13.2 Å². The molecule has 21 heavy (non-hydrogen) atoms. The number of hydrogen-bond acceptors (Lipinski definition) is 3. The first-order valence-corrected chi connectivity index (χ1v) is 7.13. The van der Waals surface area contributed by atoms with Gasteiger partial charge in [-0.25, -0.2) is 4.39 Å². The van der Waals surface area contributed by atoms with Crippen LogP contribution in [-0.4, -0.2) is 12.9 Å². The summed E-state index contributed by atoms with van der Waals surface area (Å²) in [4.78, 5) is 12.7. The third-order valence-electron chi connectivity index (χ3n) is 4.39. The number of hydrogen-bond donors (Lipinski definition) is 0. The number of carbonyl (C=O) groups excluding carboxylic acids is 1. The molecule has 1 fully saturated rings. The molecule has 1 atom stereocenters. The van der Waals surface area contributed by atoms with Gasteiger partial charge < -0.3 is 4.74 Å². The average Bonchev–Trinajstić information content (AvgIpc) is 2.44. The third-order valence-corrected chi connectivity index (χ3v) is 4.39. The Kier molecular flexibility index (Phi) is 4.04. The monoisotopic (exact) mass is 289 g/mol. The number of rotatable bonds is 3. The van der Waals surface area contributed by atoms with Crippen molar-refractivity contribution >= 4 is 5.78 Å². The molecule has 1 unspecified atom stereocenters. The molecule has 0 amide bonds. The summed E-state index contributed by atoms with van der Waals surface area (Å²) in [7, 11) is 1.40. The number of carbonyl (C=O) groups is 1. The van der Waals surface area contributed by atoms with Crippen LogP contribution >= 0.6 is 0 Å². The maximum atomic E-state index is 13.8. The zero-order valence-electron chi connectivity index (χ0n) is 12.7. The molecule has 4 heteroatoms. The Hall–Kier alpha value is -1.89. The summed E-state index contributed by atoms with van der Waals surface area (Å²) in [5.41, 5.74) is -0.872. The van der Waals surface area contributed by atoms with Crippen LogP contribution in [0, 0.1) is 28.0 Å². The molecule has 1 aromatic rings. The van der Waals surface area contributed by atoms with E-state index < -0.39 is 16.6 Å². The van der Waals surface area contributed by atoms with Crippen LogP contribution in [0.1, 0.15) is 38.7 Å². The van der Waals surface area contributed by atoms with Crippen LogP contribution in [-0.2, 0) is 11.2 Å². The van der Waals surface area contributed by atoms with Gasteiger partial charge in [0, 0.05) is 5.41 Å². The van der Waals surface area contributed by atoms with Crippen LogP contribution < -0.4 is 4.74 Å². The van der Waals surface area contributed by atoms with Gasteiger partial charge in [0.1, 0.15) is 5.41 Å². The van der Waals surface area contributed by atoms with Crippen molar-refractivity contribution in [1.82, 2.24) is 0 Å². The standard InChI is InChI=1S/C17H20FNO2/c1-16(2)7-4-8-17(11-19,15(16)20)10-12-5-6-14(21-3)13(18)9-12/h5-6,9H,4,7-8,10H2,1-3H3. The topological polar surface area (TPSA) is 50.1 Å². The summed E-state index contributed by atoms with van der Waals surface area (Å²) in [6, 6.07) is 6.82. The number of nitriles is 1. The van der Waals surface area contributed by atoms with Gasteiger partial charge in [-0.15, -0.1) is 0 Å². The molecule has 0 saturated heterocycles. The second kappa shape index (κ2) is 5.48. The minimum Gasteiger partial charge on any atom is -0.494 e. The van der Waals surface area contributed by atoms with Gasteiger partial charge in [-0.2, -0.15) is 5.26 Å². The lowest BCUT2D eigenvalue weighted by atomic mass is 9.61. The lowest BCUT2D eigenvalue weighted by Gasteiger charge is -2.39. The van der Waals surface area contributed by atoms with Gasteiger partial charge in [0.25, 0.3) is 0 Å². The molecular weight excluding hydrogens is 269 g/mol. The first-order valence-electron chi connectivity index (χ1n) is 7.13. The summed E-state index contributed by atoms with van der Waals surface area (Å²) in [5, 5.41) is 9.59. The molecular formula is C17H20FNO2. The van der Waals surface area contributed by atoms with E-state index in [4.69, 9.17) is 4.74 Å². The maximum Gasteiger partial charge on any atom is 0.165 e. The van der Waals surface area contributed by atoms with Crippen molar-refractivity contribution in [1.29, 1.82) is 5.26 Å². The van der Waals surface area contributed by atoms with Crippen LogP contribution in [0.4, 0.5) is 4.39 Å². The van der Waals surface area contributed by atoms with Crippen LogP contribution in [0.3, 0.4) is 0 Å². The molecule has 0 bridgehead atoms. The van der Waals surface area contributed by atoms with Crippen molar-refractivity contribution in [3.8, 4) is 11.8 Å². The number of ether oxygens (including phenoxy) is 1. The lowest BCUT2D eigenvalue weighted by Crippen LogP contribution is -2.45. The second-order valence-electron chi connectivity index (χ2n) is 6.41. The zero-order valence-corrected chi connectivity index (χ0v) is 12.7. The van der Waals surface area contributed by atoms with Gasteiger partial charge >= 0.3 is 0 Å². The fraction of sp³-hybridized carbons (Fsp3) is 0.529. The molecule has 2 rings (SSSR count). The molecule has 0 heterocycles. The molecule has 1 aliphatic carbocycles. The molecule has 3 nitrogen and oxygen atoms in total. The Morgan fingerprint density at radius 3 is 2.67 bits per heavy atom. The highest BCUT2D eigenvalue weighted by atomic mass is 19.1. The Balaban J connectivity index is 2.33. The molecule has 0 aliphatic heterocycles. The molecule has 1 aromatic carbocycles. The van der Waals surface area contributed by atoms with Crippen molar-refractivity contribution in [2.24, 2.45) is 10.8 Å². The number of methoxy groups -OCH3 is 1. The number of benzene rings is 1. The highest BCUT2D eigenvalue weighted by molar-refractivity contribution is 5.93. The van der Waals surface area contributed by atoms with E-state index >= 15 is 0 Å². The fourth-order valence-electron chi connectivity index (χ4n) is 3.19. The molecule has 1 saturated carbocycles. The van der Waals surface area contributed by atoms with E-state index in [0.29, 0.717) is 12.0 Å². The smallest absolute Gasteiger partial charge is 0.165 e. The van der Waals surface area contributed by atoms with E-state index in [-0.39, 0.29) is 18.0 Å². The van der Waals surface area contributed by atoms with Crippen LogP contribution in [0.15, 0.2) is 18.2 Å². The van der Waals surface area contributed by atoms with Crippen molar-refractivity contribution in [3.05, 3.63) is 29.6 Å². The van der Waals surface area contributed by atoms with Gasteiger partial charge in [-0.1, -0.05) is 26.3 Å². The first-order chi connectivity index (χ1) is 9.84. The van der Waals surface area contributed by atoms with E-state index in [9.17, 15) is 14.4 Å². The summed E-state index contributed by atoms with van der Waals surface area (Å²) in [6.07, 6.45) is 2.43. The fourth-order valence-corrected chi connectivity index (χ4v) is 3.19. The van der Waals surface area contributed by atoms with E-state index in [0.717, 1.165) is 12.8 Å². The van der Waals surface area contributed by atoms with Crippen molar-refractivity contribution in [2.75, 3.05) is 7.11 Å². The van der Waals surface area contributed by atoms with E-state index in [1.54, 1.807) is 6.07 Å². The summed E-state index contributed by atoms with van der Waals surface area (Å²) in [6.45, 7) is 3.77. The normalized spacial score (nSPS) is 24.4. The Morgan fingerprint density at radius 1 is 1.38 bits per heavy atom. The summed E-state index contributed by atoms with van der Waals surface area (Å²) >= 11 is 0. The number of Topliss-reactive ketones (excluding diaryl/α,β-unsaturated/α-hetero) is 1. The second-order valence-corrected chi connectivity index (χ2v) is 6.41. The maximum absolute atomic E-state index is 13.8. The summed E-state index contributed by atoms with van der Waals surface area (Å²) in [5.74, 6) is -0.328. The Labute approximate surface area is 124 Å². The first kappa shape index (κ1) is 15.5. The molecule has 0 radical (unpaired) electrons. The van der Waals surface area contributed by atoms with Crippen LogP contribution in [0.2, 0.25) is 0 Å². The third kappa shape index (κ3) is 2.78. The minimum atomic E-state index is -1.04. The molecule has 1 aliphatic rings. The SMILES string of the molecule is COc1ccc(CC2(C#N)CCCC(C)(C)C2=O)cc1F. The van der Waals surface area contributed by atoms with E-state index in [1.807, 2.05) is 13.8 Å². The molecule has 0 spiro atoms. The quantitative estimate of drug-likeness (QED) is 0.853. The Morgan fingerprint density at radius 2 is 2.10 bits per heavy atom. The van der Waals surface area contributed by atoms with Crippen molar-refractivity contribution < 1.29 is 13.9 Å². The predicted octanol–water partition coefficient (Wildman–Crippen LogP) is 3.67. The molecule has 112 valence electrons. The molecule has 0 aromatic heterocycles. The van der Waals surface area contributed by atoms with Gasteiger partial charge in [-0.3, -0.25) is 4.79 Å². The lowest BCUT2D eigenvalue weighted by molar-refractivity contribution is -0.138. The predicted molar refractivity (Wildman–Crippen MR) is 77.3 cm³/mol. The van der Waals surface area contributed by atoms with E-state index in [1.165, 1.54) is 19.2 Å². The van der Waals surface area contributed by atoms with Crippen molar-refractivity contribution in [2.45, 2.75) is 39.5 Å². The van der Waals surface area contributed by atoms with Crippen LogP contribution in [0.25, 0.3) is 0 Å². The highest BCUT2D eigenvalue weighted by Crippen LogP contribution is 2.44. The summed E-state index contributed by atoms with van der Waals surface area (Å²) < 4.78 is 18.7. The van der Waals surface area contributed by atoms with E-state index in [2.05, 4.69) is 6.07 Å². The van der Waals surface area contributed by atoms with Crippen LogP contribution in [0.5, 0.6) is 5.75 Å². The number of halogens is 1. The zero-order chi connectivity index (χ0) is 15.7. The number of ketones is 1. The minimum absolute atomic E-state index is 0.0278. The van der Waals surface area contributed by atoms with Gasteiger partial charge in [0.2, 0.25) is 0 Å². The Bertz CT molecular complexity index is 603. The highest BCUT2D eigenvalue weighted by Gasteiger charge is 2.49. The van der Waals surface area contributed by atoms with Gasteiger partial charge in [0.15, 0.2) is 17.3 Å². The number of nitrogens with zero attached hydrogens (tertiary/aromatic N) is 1. The largest absolute Gasteiger partial charge is 0.494 e. The molecule has 0 N–H and O–H groups in total. The van der Waals surface area contributed by atoms with Gasteiger partial charge in [-0.05, 0) is 37.0 Å².